The van der Waals surface area contributed by atoms with Gasteiger partial charge in [0, 0.05) is 17.6 Å². The number of benzene rings is 2. The number of carbonyl (C=O) groups excluding carboxylic acids is 1. The molecule has 0 N–H and O–H groups in total. The molecule has 1 fully saturated rings. The molecule has 0 unspecified atom stereocenters. The largest absolute Gasteiger partial charge is 0.316 e. The summed E-state index contributed by atoms with van der Waals surface area (Å²) >= 11 is 1.40. The second-order valence-corrected chi connectivity index (χ2v) is 8.70. The van der Waals surface area contributed by atoms with E-state index in [1.165, 1.54) is 11.8 Å². The first-order valence-electron chi connectivity index (χ1n) is 10.6. The van der Waals surface area contributed by atoms with Crippen molar-refractivity contribution in [3.8, 4) is 5.69 Å². The SMILES string of the molecule is Cc1cc(/C=C2\SC(=Nc3ccccc3)N(c3ccccc3)C2=O)c(C)n1-c1cccnc1. The number of aryl methyl sites for hydroxylation is 1. The second-order valence-electron chi connectivity index (χ2n) is 7.69. The molecule has 0 atom stereocenters. The monoisotopic (exact) mass is 450 g/mol. The number of anilines is 1. The van der Waals surface area contributed by atoms with Crippen LogP contribution in [0, 0.1) is 13.8 Å². The molecule has 3 heterocycles. The summed E-state index contributed by atoms with van der Waals surface area (Å²) in [4.78, 5) is 24.9. The predicted molar refractivity (Wildman–Crippen MR) is 136 cm³/mol. The zero-order valence-electron chi connectivity index (χ0n) is 18.3. The van der Waals surface area contributed by atoms with Gasteiger partial charge in [0.2, 0.25) is 0 Å². The summed E-state index contributed by atoms with van der Waals surface area (Å²) in [5.41, 5.74) is 5.75. The summed E-state index contributed by atoms with van der Waals surface area (Å²) in [5, 5.41) is 0.643. The fraction of sp³-hybridized carbons (Fsp3) is 0.0741. The van der Waals surface area contributed by atoms with Gasteiger partial charge in [0.1, 0.15) is 0 Å². The van der Waals surface area contributed by atoms with Crippen molar-refractivity contribution < 1.29 is 4.79 Å². The van der Waals surface area contributed by atoms with Crippen LogP contribution in [-0.4, -0.2) is 20.6 Å². The summed E-state index contributed by atoms with van der Waals surface area (Å²) in [6.45, 7) is 4.12. The summed E-state index contributed by atoms with van der Waals surface area (Å²) in [5.74, 6) is -0.0768. The van der Waals surface area contributed by atoms with E-state index in [2.05, 4.69) is 29.5 Å². The first-order valence-corrected chi connectivity index (χ1v) is 11.5. The lowest BCUT2D eigenvalue weighted by molar-refractivity contribution is -0.113. The molecule has 2 aromatic heterocycles. The molecule has 0 saturated carbocycles. The standard InChI is InChI=1S/C27H22N4OS/c1-19-16-21(20(2)30(19)24-14-9-15-28-18-24)17-25-26(32)31(23-12-7-4-8-13-23)27(33-25)29-22-10-5-3-6-11-22/h3-18H,1-2H3/b25-17-,29-27?. The highest BCUT2D eigenvalue weighted by molar-refractivity contribution is 8.19. The Bertz CT molecular complexity index is 1360. The highest BCUT2D eigenvalue weighted by atomic mass is 32.2. The van der Waals surface area contributed by atoms with Gasteiger partial charge in [-0.2, -0.15) is 0 Å². The van der Waals surface area contributed by atoms with Gasteiger partial charge in [0.25, 0.3) is 5.91 Å². The van der Waals surface area contributed by atoms with Crippen LogP contribution in [0.4, 0.5) is 11.4 Å². The molecule has 0 spiro atoms. The minimum absolute atomic E-state index is 0.0768. The number of rotatable bonds is 4. The lowest BCUT2D eigenvalue weighted by Gasteiger charge is -2.15. The van der Waals surface area contributed by atoms with Crippen LogP contribution in [0.5, 0.6) is 0 Å². The van der Waals surface area contributed by atoms with E-state index in [-0.39, 0.29) is 5.91 Å². The van der Waals surface area contributed by atoms with Crippen LogP contribution in [0.1, 0.15) is 17.0 Å². The van der Waals surface area contributed by atoms with E-state index in [4.69, 9.17) is 4.99 Å². The number of nitrogens with zero attached hydrogens (tertiary/aromatic N) is 4. The molecule has 33 heavy (non-hydrogen) atoms. The van der Waals surface area contributed by atoms with Crippen molar-refractivity contribution in [2.45, 2.75) is 13.8 Å². The van der Waals surface area contributed by atoms with Crippen LogP contribution in [0.2, 0.25) is 0 Å². The fourth-order valence-electron chi connectivity index (χ4n) is 3.92. The van der Waals surface area contributed by atoms with Crippen LogP contribution in [0.15, 0.2) is 101 Å². The van der Waals surface area contributed by atoms with E-state index in [9.17, 15) is 4.79 Å². The third kappa shape index (κ3) is 4.13. The van der Waals surface area contributed by atoms with Gasteiger partial charge >= 0.3 is 0 Å². The number of hydrogen-bond donors (Lipinski definition) is 0. The van der Waals surface area contributed by atoms with Crippen LogP contribution < -0.4 is 4.90 Å². The Morgan fingerprint density at radius 3 is 2.30 bits per heavy atom. The molecule has 1 saturated heterocycles. The van der Waals surface area contributed by atoms with Crippen molar-refractivity contribution in [2.24, 2.45) is 4.99 Å². The first-order chi connectivity index (χ1) is 16.1. The molecule has 0 bridgehead atoms. The number of aromatic nitrogens is 2. The first kappa shape index (κ1) is 21.0. The molecular weight excluding hydrogens is 428 g/mol. The number of pyridine rings is 1. The van der Waals surface area contributed by atoms with E-state index in [1.54, 1.807) is 11.1 Å². The number of hydrogen-bond acceptors (Lipinski definition) is 4. The highest BCUT2D eigenvalue weighted by Gasteiger charge is 2.35. The number of carbonyl (C=O) groups is 1. The van der Waals surface area contributed by atoms with Gasteiger partial charge in [-0.3, -0.25) is 14.7 Å². The Hall–Kier alpha value is -3.90. The highest BCUT2D eigenvalue weighted by Crippen LogP contribution is 2.38. The third-order valence-electron chi connectivity index (χ3n) is 5.46. The summed E-state index contributed by atoms with van der Waals surface area (Å²) in [7, 11) is 0. The molecule has 1 aliphatic rings. The Labute approximate surface area is 197 Å². The number of amides is 1. The smallest absolute Gasteiger partial charge is 0.271 e. The maximum Gasteiger partial charge on any atom is 0.271 e. The lowest BCUT2D eigenvalue weighted by atomic mass is 10.2. The number of aliphatic imine (C=N–C) groups is 1. The van der Waals surface area contributed by atoms with Crippen molar-refractivity contribution in [3.05, 3.63) is 113 Å². The summed E-state index contributed by atoms with van der Waals surface area (Å²) in [6.07, 6.45) is 5.57. The van der Waals surface area contributed by atoms with E-state index >= 15 is 0 Å². The van der Waals surface area contributed by atoms with Crippen molar-refractivity contribution in [1.82, 2.24) is 9.55 Å². The van der Waals surface area contributed by atoms with Crippen molar-refractivity contribution in [3.63, 3.8) is 0 Å². The summed E-state index contributed by atoms with van der Waals surface area (Å²) in [6, 6.07) is 25.4. The van der Waals surface area contributed by atoms with E-state index in [0.29, 0.717) is 10.1 Å². The predicted octanol–water partition coefficient (Wildman–Crippen LogP) is 6.30. The Morgan fingerprint density at radius 2 is 1.61 bits per heavy atom. The topological polar surface area (TPSA) is 50.5 Å². The van der Waals surface area contributed by atoms with E-state index in [1.807, 2.05) is 85.1 Å². The molecule has 2 aromatic carbocycles. The van der Waals surface area contributed by atoms with Gasteiger partial charge in [-0.15, -0.1) is 0 Å². The van der Waals surface area contributed by atoms with Crippen LogP contribution >= 0.6 is 11.8 Å². The quantitative estimate of drug-likeness (QED) is 0.343. The van der Waals surface area contributed by atoms with Crippen LogP contribution in [-0.2, 0) is 4.79 Å². The second kappa shape index (κ2) is 8.92. The zero-order valence-corrected chi connectivity index (χ0v) is 19.2. The maximum atomic E-state index is 13.5. The lowest BCUT2D eigenvalue weighted by Crippen LogP contribution is -2.28. The van der Waals surface area contributed by atoms with Gasteiger partial charge in [-0.05, 0) is 79.7 Å². The number of thioether (sulfide) groups is 1. The Balaban J connectivity index is 1.57. The summed E-state index contributed by atoms with van der Waals surface area (Å²) < 4.78 is 2.15. The molecule has 162 valence electrons. The maximum absolute atomic E-state index is 13.5. The Kier molecular flexibility index (Phi) is 5.67. The van der Waals surface area contributed by atoms with Gasteiger partial charge in [-0.25, -0.2) is 4.99 Å². The molecule has 6 heteroatoms. The van der Waals surface area contributed by atoms with Crippen LogP contribution in [0.3, 0.4) is 0 Å². The van der Waals surface area contributed by atoms with Crippen LogP contribution in [0.25, 0.3) is 11.8 Å². The minimum Gasteiger partial charge on any atom is -0.316 e. The van der Waals surface area contributed by atoms with Crippen molar-refractivity contribution in [2.75, 3.05) is 4.90 Å². The molecule has 0 aliphatic carbocycles. The number of para-hydroxylation sites is 2. The fourth-order valence-corrected chi connectivity index (χ4v) is 4.92. The third-order valence-corrected chi connectivity index (χ3v) is 6.43. The van der Waals surface area contributed by atoms with E-state index < -0.39 is 0 Å². The molecule has 4 aromatic rings. The normalized spacial score (nSPS) is 16.2. The molecule has 1 aliphatic heterocycles. The molecule has 1 amide bonds. The van der Waals surface area contributed by atoms with Gasteiger partial charge in [0.05, 0.1) is 28.2 Å². The van der Waals surface area contributed by atoms with Gasteiger partial charge in [-0.1, -0.05) is 36.4 Å². The molecular formula is C27H22N4OS. The average molecular weight is 451 g/mol. The minimum atomic E-state index is -0.0768. The zero-order chi connectivity index (χ0) is 22.8. The average Bonchev–Trinajstić information content (AvgIpc) is 3.30. The molecule has 5 rings (SSSR count). The van der Waals surface area contributed by atoms with Crippen molar-refractivity contribution >= 4 is 40.3 Å². The Morgan fingerprint density at radius 1 is 0.909 bits per heavy atom. The van der Waals surface area contributed by atoms with Crippen molar-refractivity contribution in [1.29, 1.82) is 0 Å². The van der Waals surface area contributed by atoms with E-state index in [0.717, 1.165) is 34.0 Å². The van der Waals surface area contributed by atoms with Gasteiger partial charge < -0.3 is 4.57 Å². The number of amidine groups is 1. The molecule has 0 radical (unpaired) electrons. The molecule has 5 nitrogen and oxygen atoms in total. The van der Waals surface area contributed by atoms with Gasteiger partial charge in [0.15, 0.2) is 5.17 Å².